The lowest BCUT2D eigenvalue weighted by molar-refractivity contribution is -0.141. The maximum Gasteiger partial charge on any atom is 0.321 e. The standard InChI is InChI=1S/C20H28N2O3/c1-2-15-8-10-17(11-9-15)22-19(23)14-18(20(24)25)21-13-12-16-6-4-3-5-7-16/h6,8-11,18,21H,2-5,7,12-14H2,1H3,(H,22,23)(H,24,25). The minimum absolute atomic E-state index is 0.0795. The number of carbonyl (C=O) groups excluding carboxylic acids is 1. The minimum Gasteiger partial charge on any atom is -0.480 e. The molecule has 1 atom stereocenters. The van der Waals surface area contributed by atoms with E-state index in [0.29, 0.717) is 12.2 Å². The number of hydrogen-bond donors (Lipinski definition) is 3. The van der Waals surface area contributed by atoms with Gasteiger partial charge in [-0.05, 0) is 62.8 Å². The van der Waals surface area contributed by atoms with Gasteiger partial charge in [-0.15, -0.1) is 0 Å². The van der Waals surface area contributed by atoms with Gasteiger partial charge in [-0.1, -0.05) is 30.7 Å². The smallest absolute Gasteiger partial charge is 0.321 e. The number of carboxylic acids is 1. The summed E-state index contributed by atoms with van der Waals surface area (Å²) in [7, 11) is 0. The van der Waals surface area contributed by atoms with E-state index < -0.39 is 12.0 Å². The molecule has 5 heteroatoms. The molecule has 0 saturated carbocycles. The van der Waals surface area contributed by atoms with Crippen molar-refractivity contribution in [2.75, 3.05) is 11.9 Å². The first-order valence-corrected chi connectivity index (χ1v) is 9.11. The van der Waals surface area contributed by atoms with Gasteiger partial charge in [0.25, 0.3) is 0 Å². The van der Waals surface area contributed by atoms with Crippen LogP contribution in [-0.2, 0) is 16.0 Å². The molecule has 0 bridgehead atoms. The molecule has 1 unspecified atom stereocenters. The summed E-state index contributed by atoms with van der Waals surface area (Å²) in [6.07, 6.45) is 8.66. The Kier molecular flexibility index (Phi) is 7.67. The summed E-state index contributed by atoms with van der Waals surface area (Å²) >= 11 is 0. The zero-order valence-corrected chi connectivity index (χ0v) is 14.9. The monoisotopic (exact) mass is 344 g/mol. The molecular weight excluding hydrogens is 316 g/mol. The third-order valence-electron chi connectivity index (χ3n) is 4.56. The fourth-order valence-electron chi connectivity index (χ4n) is 3.01. The van der Waals surface area contributed by atoms with E-state index in [4.69, 9.17) is 0 Å². The van der Waals surface area contributed by atoms with E-state index in [2.05, 4.69) is 23.6 Å². The minimum atomic E-state index is -0.992. The molecule has 1 aromatic rings. The number of rotatable bonds is 9. The molecule has 2 rings (SSSR count). The predicted octanol–water partition coefficient (Wildman–Crippen LogP) is 3.51. The molecule has 1 amide bonds. The van der Waals surface area contributed by atoms with Gasteiger partial charge in [0.2, 0.25) is 5.91 Å². The molecule has 136 valence electrons. The lowest BCUT2D eigenvalue weighted by Crippen LogP contribution is -2.40. The van der Waals surface area contributed by atoms with Gasteiger partial charge in [0, 0.05) is 5.69 Å². The second-order valence-corrected chi connectivity index (χ2v) is 6.51. The number of benzene rings is 1. The van der Waals surface area contributed by atoms with Crippen LogP contribution < -0.4 is 10.6 Å². The van der Waals surface area contributed by atoms with Crippen molar-refractivity contribution in [2.45, 2.75) is 57.9 Å². The number of allylic oxidation sites excluding steroid dienone is 1. The average molecular weight is 344 g/mol. The topological polar surface area (TPSA) is 78.4 Å². The van der Waals surface area contributed by atoms with Crippen LogP contribution in [-0.4, -0.2) is 29.6 Å². The van der Waals surface area contributed by atoms with Crippen molar-refractivity contribution in [3.8, 4) is 0 Å². The first-order chi connectivity index (χ1) is 12.1. The molecular formula is C20H28N2O3. The Morgan fingerprint density at radius 3 is 2.56 bits per heavy atom. The highest BCUT2D eigenvalue weighted by atomic mass is 16.4. The molecule has 0 spiro atoms. The Bertz CT molecular complexity index is 608. The molecule has 1 aliphatic rings. The van der Waals surface area contributed by atoms with Gasteiger partial charge in [0.15, 0.2) is 0 Å². The summed E-state index contributed by atoms with van der Waals surface area (Å²) in [4.78, 5) is 23.5. The number of aryl methyl sites for hydroxylation is 1. The van der Waals surface area contributed by atoms with Crippen LogP contribution in [0.4, 0.5) is 5.69 Å². The van der Waals surface area contributed by atoms with E-state index in [1.165, 1.54) is 24.0 Å². The fourth-order valence-corrected chi connectivity index (χ4v) is 3.01. The van der Waals surface area contributed by atoms with Gasteiger partial charge < -0.3 is 15.7 Å². The van der Waals surface area contributed by atoms with Crippen LogP contribution in [0.25, 0.3) is 0 Å². The van der Waals surface area contributed by atoms with Gasteiger partial charge in [-0.3, -0.25) is 9.59 Å². The summed E-state index contributed by atoms with van der Waals surface area (Å²) in [6.45, 7) is 2.65. The number of amides is 1. The van der Waals surface area contributed by atoms with Gasteiger partial charge >= 0.3 is 5.97 Å². The van der Waals surface area contributed by atoms with E-state index in [9.17, 15) is 14.7 Å². The van der Waals surface area contributed by atoms with Gasteiger partial charge in [-0.2, -0.15) is 0 Å². The van der Waals surface area contributed by atoms with Crippen LogP contribution in [0, 0.1) is 0 Å². The average Bonchev–Trinajstić information content (AvgIpc) is 2.62. The van der Waals surface area contributed by atoms with E-state index >= 15 is 0 Å². The van der Waals surface area contributed by atoms with Crippen molar-refractivity contribution < 1.29 is 14.7 Å². The normalized spacial score (nSPS) is 15.3. The fraction of sp³-hybridized carbons (Fsp3) is 0.500. The van der Waals surface area contributed by atoms with Crippen molar-refractivity contribution in [3.05, 3.63) is 41.5 Å². The maximum absolute atomic E-state index is 12.1. The highest BCUT2D eigenvalue weighted by molar-refractivity contribution is 5.94. The third-order valence-corrected chi connectivity index (χ3v) is 4.56. The molecule has 0 aromatic heterocycles. The Labute approximate surface area is 149 Å². The summed E-state index contributed by atoms with van der Waals surface area (Å²) < 4.78 is 0. The molecule has 0 saturated heterocycles. The summed E-state index contributed by atoms with van der Waals surface area (Å²) in [6, 6.07) is 6.74. The summed E-state index contributed by atoms with van der Waals surface area (Å²) in [5.74, 6) is -1.28. The molecule has 0 heterocycles. The number of anilines is 1. The van der Waals surface area contributed by atoms with Crippen molar-refractivity contribution in [1.29, 1.82) is 0 Å². The van der Waals surface area contributed by atoms with Crippen LogP contribution in [0.15, 0.2) is 35.9 Å². The van der Waals surface area contributed by atoms with Crippen LogP contribution >= 0.6 is 0 Å². The van der Waals surface area contributed by atoms with Crippen molar-refractivity contribution in [1.82, 2.24) is 5.32 Å². The van der Waals surface area contributed by atoms with E-state index in [1.807, 2.05) is 24.3 Å². The Morgan fingerprint density at radius 2 is 1.96 bits per heavy atom. The second kappa shape index (κ2) is 9.99. The van der Waals surface area contributed by atoms with Crippen molar-refractivity contribution in [2.24, 2.45) is 0 Å². The lowest BCUT2D eigenvalue weighted by atomic mass is 9.97. The van der Waals surface area contributed by atoms with Crippen LogP contribution in [0.2, 0.25) is 0 Å². The van der Waals surface area contributed by atoms with Crippen LogP contribution in [0.3, 0.4) is 0 Å². The SMILES string of the molecule is CCc1ccc(NC(=O)CC(NCCC2=CCCCC2)C(=O)O)cc1. The Morgan fingerprint density at radius 1 is 1.20 bits per heavy atom. The van der Waals surface area contributed by atoms with E-state index in [-0.39, 0.29) is 12.3 Å². The molecule has 0 radical (unpaired) electrons. The number of nitrogens with one attached hydrogen (secondary N) is 2. The van der Waals surface area contributed by atoms with E-state index in [0.717, 1.165) is 25.7 Å². The first-order valence-electron chi connectivity index (χ1n) is 9.11. The lowest BCUT2D eigenvalue weighted by Gasteiger charge is -2.17. The zero-order valence-electron chi connectivity index (χ0n) is 14.9. The van der Waals surface area contributed by atoms with Gasteiger partial charge in [0.05, 0.1) is 6.42 Å². The van der Waals surface area contributed by atoms with Gasteiger partial charge in [0.1, 0.15) is 6.04 Å². The molecule has 25 heavy (non-hydrogen) atoms. The highest BCUT2D eigenvalue weighted by Gasteiger charge is 2.20. The van der Waals surface area contributed by atoms with Gasteiger partial charge in [-0.25, -0.2) is 0 Å². The third kappa shape index (κ3) is 6.70. The molecule has 3 N–H and O–H groups in total. The summed E-state index contributed by atoms with van der Waals surface area (Å²) in [5.41, 5.74) is 3.28. The van der Waals surface area contributed by atoms with Crippen molar-refractivity contribution >= 4 is 17.6 Å². The zero-order chi connectivity index (χ0) is 18.1. The van der Waals surface area contributed by atoms with Crippen LogP contribution in [0.5, 0.6) is 0 Å². The number of carboxylic acid groups (broad SMARTS) is 1. The molecule has 1 aliphatic carbocycles. The molecule has 5 nitrogen and oxygen atoms in total. The van der Waals surface area contributed by atoms with Crippen molar-refractivity contribution in [3.63, 3.8) is 0 Å². The highest BCUT2D eigenvalue weighted by Crippen LogP contribution is 2.19. The largest absolute Gasteiger partial charge is 0.480 e. The quantitative estimate of drug-likeness (QED) is 0.599. The first kappa shape index (κ1) is 19.2. The van der Waals surface area contributed by atoms with Crippen LogP contribution in [0.1, 0.15) is 51.0 Å². The Balaban J connectivity index is 1.79. The summed E-state index contributed by atoms with van der Waals surface area (Å²) in [5, 5.41) is 15.1. The molecule has 0 fully saturated rings. The number of carbonyl (C=O) groups is 2. The Hall–Kier alpha value is -2.14. The van der Waals surface area contributed by atoms with E-state index in [1.54, 1.807) is 0 Å². The number of hydrogen-bond acceptors (Lipinski definition) is 3. The maximum atomic E-state index is 12.1. The second-order valence-electron chi connectivity index (χ2n) is 6.51. The predicted molar refractivity (Wildman–Crippen MR) is 99.7 cm³/mol. The number of aliphatic carboxylic acids is 1. The molecule has 0 aliphatic heterocycles. The molecule has 1 aromatic carbocycles.